The van der Waals surface area contributed by atoms with E-state index in [1.165, 1.54) is 0 Å². The van der Waals surface area contributed by atoms with Gasteiger partial charge in [-0.25, -0.2) is 0 Å². The lowest BCUT2D eigenvalue weighted by Crippen LogP contribution is -2.38. The molecule has 0 spiro atoms. The number of nitrogens with zero attached hydrogens (tertiary/aromatic N) is 3. The Balaban J connectivity index is 1.59. The summed E-state index contributed by atoms with van der Waals surface area (Å²) >= 11 is 0. The van der Waals surface area contributed by atoms with Crippen LogP contribution in [0.15, 0.2) is 48.7 Å². The first kappa shape index (κ1) is 17.1. The number of hydrogen-bond donors (Lipinski definition) is 0. The van der Waals surface area contributed by atoms with E-state index in [9.17, 15) is 9.59 Å². The van der Waals surface area contributed by atoms with E-state index in [2.05, 4.69) is 4.98 Å². The van der Waals surface area contributed by atoms with Crippen molar-refractivity contribution in [1.82, 2.24) is 14.8 Å². The summed E-state index contributed by atoms with van der Waals surface area (Å²) in [4.78, 5) is 32.9. The van der Waals surface area contributed by atoms with Crippen LogP contribution in [0.4, 0.5) is 0 Å². The monoisotopic (exact) mass is 337 g/mol. The molecule has 1 saturated heterocycles. The number of aromatic nitrogens is 1. The first-order valence-corrected chi connectivity index (χ1v) is 8.67. The molecular weight excluding hydrogens is 314 g/mol. The van der Waals surface area contributed by atoms with Crippen LogP contribution in [0.1, 0.15) is 28.0 Å². The molecule has 0 aliphatic carbocycles. The number of benzene rings is 1. The van der Waals surface area contributed by atoms with Crippen molar-refractivity contribution in [3.8, 4) is 0 Å². The summed E-state index contributed by atoms with van der Waals surface area (Å²) in [7, 11) is 0. The predicted molar refractivity (Wildman–Crippen MR) is 96.2 cm³/mol. The lowest BCUT2D eigenvalue weighted by molar-refractivity contribution is -0.130. The summed E-state index contributed by atoms with van der Waals surface area (Å²) in [6, 6.07) is 13.4. The molecule has 5 nitrogen and oxygen atoms in total. The van der Waals surface area contributed by atoms with Gasteiger partial charge < -0.3 is 9.80 Å². The molecule has 2 amide bonds. The molecule has 1 aliphatic rings. The second-order valence-corrected chi connectivity index (χ2v) is 6.41. The Morgan fingerprint density at radius 1 is 1.00 bits per heavy atom. The minimum absolute atomic E-state index is 0.0615. The summed E-state index contributed by atoms with van der Waals surface area (Å²) in [5.41, 5.74) is 2.66. The minimum Gasteiger partial charge on any atom is -0.341 e. The quantitative estimate of drug-likeness (QED) is 0.864. The third-order valence-corrected chi connectivity index (χ3v) is 4.46. The average Bonchev–Trinajstić information content (AvgIpc) is 2.88. The third-order valence-electron chi connectivity index (χ3n) is 4.46. The molecular formula is C20H23N3O2. The van der Waals surface area contributed by atoms with Crippen molar-refractivity contribution >= 4 is 11.8 Å². The van der Waals surface area contributed by atoms with Gasteiger partial charge in [-0.3, -0.25) is 14.6 Å². The molecule has 130 valence electrons. The molecule has 0 N–H and O–H groups in total. The number of amides is 2. The molecule has 1 aromatic carbocycles. The Labute approximate surface area is 148 Å². The molecule has 2 heterocycles. The fourth-order valence-corrected chi connectivity index (χ4v) is 3.13. The summed E-state index contributed by atoms with van der Waals surface area (Å²) in [5.74, 6) is 0.0614. The second-order valence-electron chi connectivity index (χ2n) is 6.41. The third kappa shape index (κ3) is 4.44. The van der Waals surface area contributed by atoms with Gasteiger partial charge in [0, 0.05) is 32.4 Å². The van der Waals surface area contributed by atoms with Gasteiger partial charge in [0.05, 0.1) is 6.42 Å². The van der Waals surface area contributed by atoms with Gasteiger partial charge in [0.2, 0.25) is 5.91 Å². The molecule has 0 bridgehead atoms. The number of carbonyl (C=O) groups excluding carboxylic acids is 2. The lowest BCUT2D eigenvalue weighted by atomic mass is 10.1. The Kier molecular flexibility index (Phi) is 5.43. The van der Waals surface area contributed by atoms with Gasteiger partial charge in [-0.05, 0) is 31.0 Å². The number of carbonyl (C=O) groups is 2. The van der Waals surface area contributed by atoms with Gasteiger partial charge >= 0.3 is 0 Å². The van der Waals surface area contributed by atoms with Crippen molar-refractivity contribution in [3.63, 3.8) is 0 Å². The Morgan fingerprint density at radius 2 is 1.80 bits per heavy atom. The highest BCUT2D eigenvalue weighted by molar-refractivity contribution is 5.92. The predicted octanol–water partition coefficient (Wildman–Crippen LogP) is 2.31. The molecule has 0 unspecified atom stereocenters. The van der Waals surface area contributed by atoms with Crippen LogP contribution >= 0.6 is 0 Å². The smallest absolute Gasteiger partial charge is 0.272 e. The molecule has 5 heteroatoms. The highest BCUT2D eigenvalue weighted by Crippen LogP contribution is 2.11. The fraction of sp³-hybridized carbons (Fsp3) is 0.350. The van der Waals surface area contributed by atoms with E-state index in [0.717, 1.165) is 17.5 Å². The van der Waals surface area contributed by atoms with Gasteiger partial charge in [0.1, 0.15) is 5.69 Å². The molecule has 0 saturated carbocycles. The fourth-order valence-electron chi connectivity index (χ4n) is 3.13. The first-order chi connectivity index (χ1) is 12.1. The van der Waals surface area contributed by atoms with E-state index in [-0.39, 0.29) is 11.8 Å². The van der Waals surface area contributed by atoms with E-state index in [0.29, 0.717) is 38.3 Å². The normalized spacial score (nSPS) is 14.9. The van der Waals surface area contributed by atoms with Gasteiger partial charge in [-0.15, -0.1) is 0 Å². The summed E-state index contributed by atoms with van der Waals surface area (Å²) < 4.78 is 0. The van der Waals surface area contributed by atoms with Crippen molar-refractivity contribution in [3.05, 3.63) is 65.5 Å². The van der Waals surface area contributed by atoms with Crippen molar-refractivity contribution in [2.75, 3.05) is 26.2 Å². The number of pyridine rings is 1. The number of rotatable bonds is 3. The summed E-state index contributed by atoms with van der Waals surface area (Å²) in [6.45, 7) is 4.50. The van der Waals surface area contributed by atoms with Gasteiger partial charge in [-0.1, -0.05) is 35.9 Å². The van der Waals surface area contributed by atoms with Crippen LogP contribution in [-0.2, 0) is 11.2 Å². The van der Waals surface area contributed by atoms with Gasteiger partial charge in [0.15, 0.2) is 0 Å². The molecule has 1 fully saturated rings. The van der Waals surface area contributed by atoms with Crippen LogP contribution in [0.2, 0.25) is 0 Å². The number of hydrogen-bond acceptors (Lipinski definition) is 3. The van der Waals surface area contributed by atoms with Crippen molar-refractivity contribution in [2.45, 2.75) is 19.8 Å². The zero-order valence-electron chi connectivity index (χ0n) is 14.5. The molecule has 0 radical (unpaired) electrons. The van der Waals surface area contributed by atoms with Crippen LogP contribution in [-0.4, -0.2) is 52.8 Å². The standard InChI is InChI=1S/C20H23N3O2/c1-16-6-4-7-17(14-16)15-19(24)22-10-5-11-23(13-12-22)20(25)18-8-2-3-9-21-18/h2-4,6-9,14H,5,10-13,15H2,1H3. The first-order valence-electron chi connectivity index (χ1n) is 8.67. The lowest BCUT2D eigenvalue weighted by Gasteiger charge is -2.22. The largest absolute Gasteiger partial charge is 0.341 e. The molecule has 25 heavy (non-hydrogen) atoms. The topological polar surface area (TPSA) is 53.5 Å². The molecule has 0 atom stereocenters. The second kappa shape index (κ2) is 7.92. The zero-order chi connectivity index (χ0) is 17.6. The molecule has 1 aromatic heterocycles. The highest BCUT2D eigenvalue weighted by atomic mass is 16.2. The van der Waals surface area contributed by atoms with Gasteiger partial charge in [-0.2, -0.15) is 0 Å². The van der Waals surface area contributed by atoms with Crippen molar-refractivity contribution in [1.29, 1.82) is 0 Å². The van der Waals surface area contributed by atoms with E-state index in [1.807, 2.05) is 42.2 Å². The van der Waals surface area contributed by atoms with Crippen molar-refractivity contribution in [2.24, 2.45) is 0 Å². The highest BCUT2D eigenvalue weighted by Gasteiger charge is 2.23. The average molecular weight is 337 g/mol. The molecule has 3 rings (SSSR count). The minimum atomic E-state index is -0.0615. The van der Waals surface area contributed by atoms with Crippen LogP contribution in [0.25, 0.3) is 0 Å². The van der Waals surface area contributed by atoms with E-state index >= 15 is 0 Å². The maximum absolute atomic E-state index is 12.6. The van der Waals surface area contributed by atoms with Crippen LogP contribution < -0.4 is 0 Å². The Morgan fingerprint density at radius 3 is 2.56 bits per heavy atom. The van der Waals surface area contributed by atoms with Crippen molar-refractivity contribution < 1.29 is 9.59 Å². The van der Waals surface area contributed by atoms with E-state index in [1.54, 1.807) is 23.2 Å². The van der Waals surface area contributed by atoms with Crippen LogP contribution in [0.3, 0.4) is 0 Å². The van der Waals surface area contributed by atoms with E-state index in [4.69, 9.17) is 0 Å². The Hall–Kier alpha value is -2.69. The zero-order valence-corrected chi connectivity index (χ0v) is 14.5. The summed E-state index contributed by atoms with van der Waals surface area (Å²) in [5, 5.41) is 0. The maximum atomic E-state index is 12.6. The molecule has 1 aliphatic heterocycles. The van der Waals surface area contributed by atoms with Gasteiger partial charge in [0.25, 0.3) is 5.91 Å². The SMILES string of the molecule is Cc1cccc(CC(=O)N2CCCN(C(=O)c3ccccn3)CC2)c1. The van der Waals surface area contributed by atoms with Crippen LogP contribution in [0.5, 0.6) is 0 Å². The maximum Gasteiger partial charge on any atom is 0.272 e. The number of aryl methyl sites for hydroxylation is 1. The molecule has 2 aromatic rings. The van der Waals surface area contributed by atoms with Crippen LogP contribution in [0, 0.1) is 6.92 Å². The summed E-state index contributed by atoms with van der Waals surface area (Å²) in [6.07, 6.45) is 2.83. The van der Waals surface area contributed by atoms with E-state index < -0.39 is 0 Å². The Bertz CT molecular complexity index is 746.